The van der Waals surface area contributed by atoms with Crippen molar-refractivity contribution in [2.24, 2.45) is 5.73 Å². The summed E-state index contributed by atoms with van der Waals surface area (Å²) in [6, 6.07) is 6.81. The molecule has 1 spiro atoms. The number of ether oxygens (including phenoxy) is 1. The fourth-order valence-corrected chi connectivity index (χ4v) is 3.62. The normalized spacial score (nSPS) is 20.6. The maximum Gasteiger partial charge on any atom is 0.328 e. The number of benzene rings is 1. The number of carbonyl (C=O) groups excluding carboxylic acids is 1. The number of nitrogens with zero attached hydrogens (tertiary/aromatic N) is 1. The third-order valence-electron chi connectivity index (χ3n) is 4.20. The smallest absolute Gasteiger partial charge is 0.328 e. The highest BCUT2D eigenvalue weighted by Gasteiger charge is 2.58. The number of nitriles is 1. The minimum atomic E-state index is -1.82. The van der Waals surface area contributed by atoms with Gasteiger partial charge in [0.2, 0.25) is 17.7 Å². The molecule has 10 heteroatoms. The van der Waals surface area contributed by atoms with E-state index in [4.69, 9.17) is 10.5 Å². The quantitative estimate of drug-likeness (QED) is 0.492. The van der Waals surface area contributed by atoms with Crippen LogP contribution in [0, 0.1) is 11.3 Å². The number of halogens is 1. The third-order valence-corrected chi connectivity index (χ3v) is 4.70. The van der Waals surface area contributed by atoms with Gasteiger partial charge in [-0.3, -0.25) is 19.6 Å². The summed E-state index contributed by atoms with van der Waals surface area (Å²) in [6.07, 6.45) is 0. The van der Waals surface area contributed by atoms with Crippen LogP contribution < -0.4 is 27.0 Å². The van der Waals surface area contributed by atoms with Gasteiger partial charge in [-0.25, -0.2) is 4.79 Å². The van der Waals surface area contributed by atoms with Crippen LogP contribution in [0.25, 0.3) is 0 Å². The van der Waals surface area contributed by atoms with Crippen molar-refractivity contribution in [1.82, 2.24) is 9.97 Å². The topological polar surface area (TPSA) is 154 Å². The number of carbonyl (C=O) groups is 1. The lowest BCUT2D eigenvalue weighted by molar-refractivity contribution is -0.118. The van der Waals surface area contributed by atoms with E-state index in [0.717, 1.165) is 0 Å². The van der Waals surface area contributed by atoms with E-state index in [2.05, 4.69) is 31.2 Å². The molecule has 0 radical (unpaired) electrons. The third kappa shape index (κ3) is 1.78. The predicted molar refractivity (Wildman–Crippen MR) is 88.7 cm³/mol. The highest BCUT2D eigenvalue weighted by atomic mass is 79.9. The first-order valence-electron chi connectivity index (χ1n) is 6.96. The van der Waals surface area contributed by atoms with Crippen LogP contribution in [0.4, 0.5) is 5.69 Å². The van der Waals surface area contributed by atoms with Gasteiger partial charge in [-0.1, -0.05) is 15.9 Å². The number of nitrogens with two attached hydrogens (primary N) is 1. The Morgan fingerprint density at radius 2 is 2.00 bits per heavy atom. The van der Waals surface area contributed by atoms with Gasteiger partial charge >= 0.3 is 5.69 Å². The molecule has 5 N–H and O–H groups in total. The Hall–Kier alpha value is -3.32. The summed E-state index contributed by atoms with van der Waals surface area (Å²) in [5.41, 5.74) is 2.69. The van der Waals surface area contributed by atoms with Crippen molar-refractivity contribution >= 4 is 27.5 Å². The van der Waals surface area contributed by atoms with E-state index in [1.54, 1.807) is 18.2 Å². The Balaban J connectivity index is 2.24. The first-order valence-corrected chi connectivity index (χ1v) is 7.75. The van der Waals surface area contributed by atoms with Gasteiger partial charge in [0.1, 0.15) is 17.2 Å². The molecule has 0 unspecified atom stereocenters. The Morgan fingerprint density at radius 3 is 2.72 bits per heavy atom. The van der Waals surface area contributed by atoms with Gasteiger partial charge in [-0.2, -0.15) is 5.26 Å². The fraction of sp³-hybridized carbons (Fsp3) is 0.0667. The van der Waals surface area contributed by atoms with Crippen molar-refractivity contribution in [1.29, 1.82) is 5.26 Å². The molecule has 3 heterocycles. The highest BCUT2D eigenvalue weighted by Crippen LogP contribution is 2.51. The minimum absolute atomic E-state index is 0.202. The number of hydrogen-bond donors (Lipinski definition) is 4. The fourth-order valence-electron chi connectivity index (χ4n) is 3.26. The summed E-state index contributed by atoms with van der Waals surface area (Å²) in [5, 5.41) is 12.3. The van der Waals surface area contributed by atoms with E-state index in [9.17, 15) is 19.6 Å². The lowest BCUT2D eigenvalue weighted by Gasteiger charge is -2.32. The zero-order valence-electron chi connectivity index (χ0n) is 12.3. The Labute approximate surface area is 147 Å². The SMILES string of the molecule is N#CC1=C(N)Oc2[nH]c(=O)[nH]c(=O)c2[C@]12C(=O)Nc1ccc(Br)cc12. The molecule has 1 aromatic heterocycles. The molecular weight excluding hydrogens is 394 g/mol. The van der Waals surface area contributed by atoms with Crippen LogP contribution in [-0.4, -0.2) is 15.9 Å². The molecule has 0 saturated heterocycles. The minimum Gasteiger partial charge on any atom is -0.423 e. The number of fused-ring (bicyclic) bond motifs is 4. The first kappa shape index (κ1) is 15.2. The number of aromatic nitrogens is 2. The van der Waals surface area contributed by atoms with Gasteiger partial charge in [0.05, 0.1) is 0 Å². The Bertz CT molecular complexity index is 1160. The van der Waals surface area contributed by atoms with E-state index in [0.29, 0.717) is 15.7 Å². The highest BCUT2D eigenvalue weighted by molar-refractivity contribution is 9.10. The van der Waals surface area contributed by atoms with Crippen LogP contribution in [0.3, 0.4) is 0 Å². The second kappa shape index (κ2) is 4.84. The van der Waals surface area contributed by atoms with Gasteiger partial charge in [-0.15, -0.1) is 0 Å². The molecule has 2 aliphatic heterocycles. The van der Waals surface area contributed by atoms with Crippen molar-refractivity contribution in [2.75, 3.05) is 5.32 Å². The van der Waals surface area contributed by atoms with E-state index in [1.165, 1.54) is 0 Å². The second-order valence-electron chi connectivity index (χ2n) is 5.46. The van der Waals surface area contributed by atoms with Gasteiger partial charge in [0, 0.05) is 15.7 Å². The summed E-state index contributed by atoms with van der Waals surface area (Å²) in [5.74, 6) is -1.27. The van der Waals surface area contributed by atoms with Gasteiger partial charge in [0.25, 0.3) is 5.56 Å². The van der Waals surface area contributed by atoms with Crippen molar-refractivity contribution in [3.8, 4) is 11.9 Å². The Kier molecular flexibility index (Phi) is 2.95. The van der Waals surface area contributed by atoms with Crippen LogP contribution in [0.2, 0.25) is 0 Å². The van der Waals surface area contributed by atoms with Crippen molar-refractivity contribution in [2.45, 2.75) is 5.41 Å². The molecule has 0 aliphatic carbocycles. The summed E-state index contributed by atoms with van der Waals surface area (Å²) >= 11 is 3.32. The first-order chi connectivity index (χ1) is 11.9. The number of nitrogens with one attached hydrogen (secondary N) is 3. The lowest BCUT2D eigenvalue weighted by atomic mass is 9.70. The number of H-pyrrole nitrogens is 2. The van der Waals surface area contributed by atoms with E-state index < -0.39 is 22.6 Å². The Morgan fingerprint density at radius 1 is 1.24 bits per heavy atom. The molecular formula is C15H8BrN5O4. The van der Waals surface area contributed by atoms with Crippen LogP contribution in [-0.2, 0) is 10.2 Å². The zero-order chi connectivity index (χ0) is 17.9. The molecule has 1 amide bonds. The van der Waals surface area contributed by atoms with E-state index in [1.807, 2.05) is 6.07 Å². The summed E-state index contributed by atoms with van der Waals surface area (Å²) in [7, 11) is 0. The summed E-state index contributed by atoms with van der Waals surface area (Å²) in [4.78, 5) is 41.5. The number of amides is 1. The number of hydrogen-bond acceptors (Lipinski definition) is 6. The maximum atomic E-state index is 13.0. The molecule has 1 aromatic carbocycles. The van der Waals surface area contributed by atoms with Crippen LogP contribution >= 0.6 is 15.9 Å². The maximum absolute atomic E-state index is 13.0. The molecule has 25 heavy (non-hydrogen) atoms. The van der Waals surface area contributed by atoms with Crippen molar-refractivity contribution < 1.29 is 9.53 Å². The zero-order valence-corrected chi connectivity index (χ0v) is 13.9. The average molecular weight is 402 g/mol. The summed E-state index contributed by atoms with van der Waals surface area (Å²) < 4.78 is 5.88. The number of anilines is 1. The molecule has 9 nitrogen and oxygen atoms in total. The molecule has 0 saturated carbocycles. The van der Waals surface area contributed by atoms with Crippen molar-refractivity contribution in [3.63, 3.8) is 0 Å². The molecule has 1 atom stereocenters. The molecule has 0 bridgehead atoms. The standard InChI is InChI=1S/C15H8BrN5O4/c16-5-1-2-8-6(3-5)15(13(23)19-8)7(4-17)10(18)25-12-9(15)11(22)20-14(24)21-12/h1-3H,18H2,(H,19,23)(H2,20,21,22,24)/t15-/m1/s1. The van der Waals surface area contributed by atoms with E-state index >= 15 is 0 Å². The molecule has 0 fully saturated rings. The second-order valence-corrected chi connectivity index (χ2v) is 6.38. The summed E-state index contributed by atoms with van der Waals surface area (Å²) in [6.45, 7) is 0. The predicted octanol–water partition coefficient (Wildman–Crippen LogP) is 0.150. The van der Waals surface area contributed by atoms with Crippen LogP contribution in [0.15, 0.2) is 43.7 Å². The van der Waals surface area contributed by atoms with Crippen LogP contribution in [0.5, 0.6) is 5.88 Å². The number of rotatable bonds is 0. The molecule has 2 aliphatic rings. The van der Waals surface area contributed by atoms with Gasteiger partial charge in [0.15, 0.2) is 5.41 Å². The van der Waals surface area contributed by atoms with Crippen molar-refractivity contribution in [3.05, 3.63) is 66.1 Å². The molecule has 4 rings (SSSR count). The van der Waals surface area contributed by atoms with Gasteiger partial charge < -0.3 is 15.8 Å². The van der Waals surface area contributed by atoms with Crippen LogP contribution in [0.1, 0.15) is 11.1 Å². The molecule has 124 valence electrons. The monoisotopic (exact) mass is 401 g/mol. The lowest BCUT2D eigenvalue weighted by Crippen LogP contribution is -2.48. The number of aromatic amines is 2. The van der Waals surface area contributed by atoms with E-state index in [-0.39, 0.29) is 22.9 Å². The molecule has 2 aromatic rings. The average Bonchev–Trinajstić information content (AvgIpc) is 2.80. The largest absolute Gasteiger partial charge is 0.423 e. The van der Waals surface area contributed by atoms with Gasteiger partial charge in [-0.05, 0) is 18.2 Å².